The maximum Gasteiger partial charge on any atom is 0.204 e. The number of hydrogen-bond acceptors (Lipinski definition) is 2. The Morgan fingerprint density at radius 2 is 2.00 bits per heavy atom. The van der Waals surface area contributed by atoms with Gasteiger partial charge in [-0.3, -0.25) is 0 Å². The highest BCUT2D eigenvalue weighted by Gasteiger charge is 2.09. The third-order valence-electron chi connectivity index (χ3n) is 1.36. The van der Waals surface area contributed by atoms with Crippen molar-refractivity contribution in [2.45, 2.75) is 0 Å². The SMILES string of the molecule is Fc1ccoc1-c1ccco1. The van der Waals surface area contributed by atoms with Crippen molar-refractivity contribution in [1.82, 2.24) is 0 Å². The fourth-order valence-corrected chi connectivity index (χ4v) is 0.877. The number of halogens is 1. The van der Waals surface area contributed by atoms with Gasteiger partial charge in [-0.2, -0.15) is 0 Å². The van der Waals surface area contributed by atoms with E-state index < -0.39 is 5.82 Å². The van der Waals surface area contributed by atoms with Crippen molar-refractivity contribution >= 4 is 0 Å². The second-order valence-corrected chi connectivity index (χ2v) is 2.07. The average Bonchev–Trinajstić information content (AvgIpc) is 2.55. The summed E-state index contributed by atoms with van der Waals surface area (Å²) in [6.45, 7) is 0. The summed E-state index contributed by atoms with van der Waals surface area (Å²) < 4.78 is 22.5. The van der Waals surface area contributed by atoms with Crippen LogP contribution < -0.4 is 0 Å². The van der Waals surface area contributed by atoms with Gasteiger partial charge in [0.15, 0.2) is 11.6 Å². The first-order valence-electron chi connectivity index (χ1n) is 3.15. The molecule has 0 saturated heterocycles. The molecule has 0 radical (unpaired) electrons. The van der Waals surface area contributed by atoms with Crippen molar-refractivity contribution in [2.75, 3.05) is 0 Å². The average molecular weight is 152 g/mol. The first-order valence-corrected chi connectivity index (χ1v) is 3.15. The molecule has 0 bridgehead atoms. The van der Waals surface area contributed by atoms with Gasteiger partial charge in [0.25, 0.3) is 0 Å². The van der Waals surface area contributed by atoms with Gasteiger partial charge in [0.05, 0.1) is 12.5 Å². The van der Waals surface area contributed by atoms with Crippen molar-refractivity contribution < 1.29 is 13.2 Å². The molecule has 0 amide bonds. The fraction of sp³-hybridized carbons (Fsp3) is 0. The van der Waals surface area contributed by atoms with E-state index in [1.54, 1.807) is 12.1 Å². The van der Waals surface area contributed by atoms with Crippen molar-refractivity contribution in [3.05, 3.63) is 36.5 Å². The lowest BCUT2D eigenvalue weighted by molar-refractivity contribution is 0.503. The van der Waals surface area contributed by atoms with E-state index in [2.05, 4.69) is 0 Å². The number of furan rings is 2. The predicted octanol–water partition coefficient (Wildman–Crippen LogP) is 2.68. The van der Waals surface area contributed by atoms with E-state index in [1.807, 2.05) is 0 Å². The van der Waals surface area contributed by atoms with E-state index in [0.29, 0.717) is 5.76 Å². The van der Waals surface area contributed by atoms with Gasteiger partial charge in [-0.1, -0.05) is 0 Å². The summed E-state index contributed by atoms with van der Waals surface area (Å²) in [5.74, 6) is 0.155. The fourth-order valence-electron chi connectivity index (χ4n) is 0.877. The molecular weight excluding hydrogens is 147 g/mol. The summed E-state index contributed by atoms with van der Waals surface area (Å²) in [5.41, 5.74) is 0. The van der Waals surface area contributed by atoms with E-state index >= 15 is 0 Å². The number of rotatable bonds is 1. The Morgan fingerprint density at radius 3 is 2.55 bits per heavy atom. The standard InChI is InChI=1S/C8H5FO2/c9-6-3-5-11-8(6)7-2-1-4-10-7/h1-5H. The third-order valence-corrected chi connectivity index (χ3v) is 1.36. The molecular formula is C8H5FO2. The molecule has 3 heteroatoms. The second kappa shape index (κ2) is 2.27. The highest BCUT2D eigenvalue weighted by atomic mass is 19.1. The van der Waals surface area contributed by atoms with Crippen LogP contribution in [0.5, 0.6) is 0 Å². The topological polar surface area (TPSA) is 26.3 Å². The minimum absolute atomic E-state index is 0.148. The smallest absolute Gasteiger partial charge is 0.204 e. The van der Waals surface area contributed by atoms with E-state index in [9.17, 15) is 4.39 Å². The van der Waals surface area contributed by atoms with Gasteiger partial charge < -0.3 is 8.83 Å². The predicted molar refractivity (Wildman–Crippen MR) is 36.4 cm³/mol. The van der Waals surface area contributed by atoms with Crippen LogP contribution in [0.15, 0.2) is 39.6 Å². The van der Waals surface area contributed by atoms with Crippen molar-refractivity contribution in [1.29, 1.82) is 0 Å². The first kappa shape index (κ1) is 6.22. The summed E-state index contributed by atoms with van der Waals surface area (Å²) in [4.78, 5) is 0. The molecule has 0 fully saturated rings. The Kier molecular flexibility index (Phi) is 1.28. The van der Waals surface area contributed by atoms with Gasteiger partial charge in [-0.15, -0.1) is 0 Å². The van der Waals surface area contributed by atoms with E-state index in [0.717, 1.165) is 0 Å². The zero-order valence-corrected chi connectivity index (χ0v) is 5.58. The van der Waals surface area contributed by atoms with E-state index in [-0.39, 0.29) is 5.76 Å². The van der Waals surface area contributed by atoms with E-state index in [1.165, 1.54) is 18.6 Å². The molecule has 0 aliphatic rings. The first-order chi connectivity index (χ1) is 5.38. The Hall–Kier alpha value is -1.51. The summed E-state index contributed by atoms with van der Waals surface area (Å²) >= 11 is 0. The molecule has 2 aromatic rings. The lowest BCUT2D eigenvalue weighted by atomic mass is 10.3. The van der Waals surface area contributed by atoms with Crippen LogP contribution in [0.25, 0.3) is 11.5 Å². The monoisotopic (exact) mass is 152 g/mol. The quantitative estimate of drug-likeness (QED) is 0.627. The molecule has 56 valence electrons. The van der Waals surface area contributed by atoms with Crippen molar-refractivity contribution in [3.8, 4) is 11.5 Å². The molecule has 0 aliphatic heterocycles. The highest BCUT2D eigenvalue weighted by Crippen LogP contribution is 2.23. The van der Waals surface area contributed by atoms with Gasteiger partial charge in [0, 0.05) is 6.07 Å². The summed E-state index contributed by atoms with van der Waals surface area (Å²) in [6, 6.07) is 4.57. The molecule has 0 saturated carbocycles. The summed E-state index contributed by atoms with van der Waals surface area (Å²) in [6.07, 6.45) is 2.75. The Balaban J connectivity index is 2.53. The second-order valence-electron chi connectivity index (χ2n) is 2.07. The van der Waals surface area contributed by atoms with Gasteiger partial charge >= 0.3 is 0 Å². The van der Waals surface area contributed by atoms with Crippen LogP contribution in [-0.2, 0) is 0 Å². The zero-order valence-electron chi connectivity index (χ0n) is 5.58. The molecule has 0 unspecified atom stereocenters. The normalized spacial score (nSPS) is 10.3. The van der Waals surface area contributed by atoms with Crippen molar-refractivity contribution in [2.24, 2.45) is 0 Å². The summed E-state index contributed by atoms with van der Waals surface area (Å²) in [5, 5.41) is 0. The molecule has 2 nitrogen and oxygen atoms in total. The number of hydrogen-bond donors (Lipinski definition) is 0. The molecule has 2 heterocycles. The zero-order chi connectivity index (χ0) is 7.68. The van der Waals surface area contributed by atoms with Crippen LogP contribution in [0, 0.1) is 5.82 Å². The summed E-state index contributed by atoms with van der Waals surface area (Å²) in [7, 11) is 0. The van der Waals surface area contributed by atoms with Crippen LogP contribution in [0.3, 0.4) is 0 Å². The molecule has 0 N–H and O–H groups in total. The minimum atomic E-state index is -0.403. The molecule has 11 heavy (non-hydrogen) atoms. The van der Waals surface area contributed by atoms with Gasteiger partial charge in [-0.05, 0) is 12.1 Å². The maximum absolute atomic E-state index is 12.8. The molecule has 0 aromatic carbocycles. The Morgan fingerprint density at radius 1 is 1.09 bits per heavy atom. The van der Waals surface area contributed by atoms with Crippen LogP contribution >= 0.6 is 0 Å². The van der Waals surface area contributed by atoms with Gasteiger partial charge in [-0.25, -0.2) is 4.39 Å². The van der Waals surface area contributed by atoms with Gasteiger partial charge in [0.2, 0.25) is 5.76 Å². The van der Waals surface area contributed by atoms with Gasteiger partial charge in [0.1, 0.15) is 0 Å². The van der Waals surface area contributed by atoms with Crippen molar-refractivity contribution in [3.63, 3.8) is 0 Å². The van der Waals surface area contributed by atoms with E-state index in [4.69, 9.17) is 8.83 Å². The lowest BCUT2D eigenvalue weighted by Crippen LogP contribution is -1.71. The third kappa shape index (κ3) is 0.941. The Labute approximate surface area is 62.2 Å². The molecule has 0 atom stereocenters. The molecule has 2 rings (SSSR count). The highest BCUT2D eigenvalue weighted by molar-refractivity contribution is 5.49. The molecule has 0 spiro atoms. The van der Waals surface area contributed by atoms with Crippen LogP contribution in [0.2, 0.25) is 0 Å². The largest absolute Gasteiger partial charge is 0.461 e. The van der Waals surface area contributed by atoms with Crippen LogP contribution in [0.4, 0.5) is 4.39 Å². The van der Waals surface area contributed by atoms with Crippen LogP contribution in [-0.4, -0.2) is 0 Å². The molecule has 2 aromatic heterocycles. The maximum atomic E-state index is 12.8. The molecule has 0 aliphatic carbocycles. The minimum Gasteiger partial charge on any atom is -0.461 e. The van der Waals surface area contributed by atoms with Crippen LogP contribution in [0.1, 0.15) is 0 Å². The lowest BCUT2D eigenvalue weighted by Gasteiger charge is -1.87. The Bertz CT molecular complexity index is 335.